The van der Waals surface area contributed by atoms with Crippen LogP contribution < -0.4 is 9.47 Å². The highest BCUT2D eigenvalue weighted by atomic mass is 16.5. The molecule has 1 aromatic carbocycles. The number of hydrogen-bond donors (Lipinski definition) is 1. The molecule has 0 aliphatic rings. The number of ether oxygens (including phenoxy) is 2. The first-order valence-electron chi connectivity index (χ1n) is 6.07. The summed E-state index contributed by atoms with van der Waals surface area (Å²) in [5, 5.41) is 13.0. The quantitative estimate of drug-likeness (QED) is 0.867. The van der Waals surface area contributed by atoms with Crippen molar-refractivity contribution < 1.29 is 19.4 Å². The van der Waals surface area contributed by atoms with Crippen LogP contribution >= 0.6 is 0 Å². The van der Waals surface area contributed by atoms with Crippen molar-refractivity contribution in [3.05, 3.63) is 41.6 Å². The van der Waals surface area contributed by atoms with Gasteiger partial charge in [-0.25, -0.2) is 4.68 Å². The van der Waals surface area contributed by atoms with Crippen LogP contribution in [0.15, 0.2) is 30.5 Å². The lowest BCUT2D eigenvalue weighted by Crippen LogP contribution is -2.06. The Morgan fingerprint density at radius 3 is 2.80 bits per heavy atom. The van der Waals surface area contributed by atoms with Gasteiger partial charge in [0.2, 0.25) is 5.88 Å². The molecule has 0 aliphatic carbocycles. The molecular weight excluding hydrogens is 260 g/mol. The topological polar surface area (TPSA) is 73.6 Å². The van der Waals surface area contributed by atoms with Gasteiger partial charge in [0.1, 0.15) is 5.75 Å². The molecular formula is C14H16N2O4. The fraction of sp³-hybridized carbons (Fsp3) is 0.286. The number of carboxylic acid groups (broad SMARTS) is 1. The van der Waals surface area contributed by atoms with Crippen molar-refractivity contribution in [3.8, 4) is 11.6 Å². The smallest absolute Gasteiger partial charge is 0.308 e. The van der Waals surface area contributed by atoms with Crippen LogP contribution in [0.25, 0.3) is 0 Å². The molecule has 0 aliphatic heterocycles. The molecule has 0 spiro atoms. The summed E-state index contributed by atoms with van der Waals surface area (Å²) in [5.74, 6) is 0.318. The van der Waals surface area contributed by atoms with Gasteiger partial charge in [-0.15, -0.1) is 0 Å². The van der Waals surface area contributed by atoms with E-state index in [4.69, 9.17) is 14.6 Å². The largest absolute Gasteiger partial charge is 0.497 e. The van der Waals surface area contributed by atoms with E-state index >= 15 is 0 Å². The van der Waals surface area contributed by atoms with E-state index < -0.39 is 5.97 Å². The third kappa shape index (κ3) is 3.09. The van der Waals surface area contributed by atoms with Gasteiger partial charge in [-0.05, 0) is 17.7 Å². The molecule has 1 aromatic heterocycles. The van der Waals surface area contributed by atoms with E-state index in [1.54, 1.807) is 11.8 Å². The zero-order chi connectivity index (χ0) is 14.5. The second kappa shape index (κ2) is 6.10. The molecule has 2 rings (SSSR count). The number of rotatable bonds is 6. The third-order valence-corrected chi connectivity index (χ3v) is 2.86. The molecule has 1 N–H and O–H groups in total. The van der Waals surface area contributed by atoms with Crippen LogP contribution in [0.4, 0.5) is 0 Å². The minimum atomic E-state index is -0.913. The van der Waals surface area contributed by atoms with Gasteiger partial charge in [0.05, 0.1) is 33.4 Å². The van der Waals surface area contributed by atoms with Crippen LogP contribution in [-0.2, 0) is 17.8 Å². The van der Waals surface area contributed by atoms with Crippen LogP contribution in [0.2, 0.25) is 0 Å². The Morgan fingerprint density at radius 2 is 2.15 bits per heavy atom. The standard InChI is InChI=1S/C14H16N2O4/c1-19-12-5-3-4-10(6-12)9-16-14(20-2)11(8-15-16)7-13(17)18/h3-6,8H,7,9H2,1-2H3,(H,17,18). The maximum Gasteiger partial charge on any atom is 0.308 e. The first-order chi connectivity index (χ1) is 9.63. The predicted molar refractivity (Wildman–Crippen MR) is 72.2 cm³/mol. The number of methoxy groups -OCH3 is 2. The maximum absolute atomic E-state index is 10.8. The minimum Gasteiger partial charge on any atom is -0.497 e. The summed E-state index contributed by atoms with van der Waals surface area (Å²) < 4.78 is 12.1. The highest BCUT2D eigenvalue weighted by Crippen LogP contribution is 2.21. The van der Waals surface area contributed by atoms with Crippen molar-refractivity contribution in [1.82, 2.24) is 9.78 Å². The summed E-state index contributed by atoms with van der Waals surface area (Å²) in [6.07, 6.45) is 1.41. The average Bonchev–Trinajstić information content (AvgIpc) is 2.80. The lowest BCUT2D eigenvalue weighted by molar-refractivity contribution is -0.136. The van der Waals surface area contributed by atoms with Crippen molar-refractivity contribution >= 4 is 5.97 Å². The Bertz CT molecular complexity index is 607. The van der Waals surface area contributed by atoms with Gasteiger partial charge in [0.15, 0.2) is 0 Å². The number of nitrogens with zero attached hydrogens (tertiary/aromatic N) is 2. The second-order valence-electron chi connectivity index (χ2n) is 4.26. The molecule has 2 aromatic rings. The fourth-order valence-corrected chi connectivity index (χ4v) is 1.99. The summed E-state index contributed by atoms with van der Waals surface area (Å²) in [4.78, 5) is 10.8. The molecule has 6 nitrogen and oxygen atoms in total. The first-order valence-corrected chi connectivity index (χ1v) is 6.07. The lowest BCUT2D eigenvalue weighted by Gasteiger charge is -2.08. The van der Waals surface area contributed by atoms with Crippen LogP contribution in [-0.4, -0.2) is 35.1 Å². The van der Waals surface area contributed by atoms with Gasteiger partial charge >= 0.3 is 5.97 Å². The molecule has 0 saturated heterocycles. The van der Waals surface area contributed by atoms with E-state index in [0.717, 1.165) is 11.3 Å². The average molecular weight is 276 g/mol. The molecule has 0 bridgehead atoms. The summed E-state index contributed by atoms with van der Waals surface area (Å²) >= 11 is 0. The lowest BCUT2D eigenvalue weighted by atomic mass is 10.2. The number of carboxylic acids is 1. The molecule has 0 radical (unpaired) electrons. The van der Waals surface area contributed by atoms with Crippen LogP contribution in [0.1, 0.15) is 11.1 Å². The molecule has 0 amide bonds. The summed E-state index contributed by atoms with van der Waals surface area (Å²) in [5.41, 5.74) is 1.55. The number of aliphatic carboxylic acids is 1. The Hall–Kier alpha value is -2.50. The minimum absolute atomic E-state index is 0.110. The molecule has 20 heavy (non-hydrogen) atoms. The van der Waals surface area contributed by atoms with Gasteiger partial charge in [-0.1, -0.05) is 12.1 Å². The van der Waals surface area contributed by atoms with Gasteiger partial charge in [-0.2, -0.15) is 5.10 Å². The van der Waals surface area contributed by atoms with Crippen molar-refractivity contribution in [2.45, 2.75) is 13.0 Å². The summed E-state index contributed by atoms with van der Waals surface area (Å²) in [6, 6.07) is 7.60. The van der Waals surface area contributed by atoms with E-state index in [1.807, 2.05) is 24.3 Å². The van der Waals surface area contributed by atoms with Crippen LogP contribution in [0.3, 0.4) is 0 Å². The summed E-state index contributed by atoms with van der Waals surface area (Å²) in [6.45, 7) is 0.486. The highest BCUT2D eigenvalue weighted by molar-refractivity contribution is 5.70. The molecule has 0 fully saturated rings. The van der Waals surface area contributed by atoms with E-state index in [9.17, 15) is 4.79 Å². The highest BCUT2D eigenvalue weighted by Gasteiger charge is 2.14. The second-order valence-corrected chi connectivity index (χ2v) is 4.26. The van der Waals surface area contributed by atoms with Crippen molar-refractivity contribution in [2.24, 2.45) is 0 Å². The Kier molecular flexibility index (Phi) is 4.24. The van der Waals surface area contributed by atoms with Crippen molar-refractivity contribution in [3.63, 3.8) is 0 Å². The Balaban J connectivity index is 2.24. The zero-order valence-electron chi connectivity index (χ0n) is 11.4. The van der Waals surface area contributed by atoms with E-state index in [1.165, 1.54) is 13.3 Å². The Labute approximate surface area is 116 Å². The van der Waals surface area contributed by atoms with Crippen molar-refractivity contribution in [2.75, 3.05) is 14.2 Å². The molecule has 106 valence electrons. The monoisotopic (exact) mass is 276 g/mol. The van der Waals surface area contributed by atoms with Crippen LogP contribution in [0.5, 0.6) is 11.6 Å². The van der Waals surface area contributed by atoms with Gasteiger partial charge in [0.25, 0.3) is 0 Å². The molecule has 1 heterocycles. The first kappa shape index (κ1) is 13.9. The number of aromatic nitrogens is 2. The van der Waals surface area contributed by atoms with Gasteiger partial charge in [0, 0.05) is 5.56 Å². The number of carbonyl (C=O) groups is 1. The van der Waals surface area contributed by atoms with E-state index in [-0.39, 0.29) is 6.42 Å². The molecule has 6 heteroatoms. The Morgan fingerprint density at radius 1 is 1.35 bits per heavy atom. The van der Waals surface area contributed by atoms with E-state index in [2.05, 4.69) is 5.10 Å². The zero-order valence-corrected chi connectivity index (χ0v) is 11.4. The van der Waals surface area contributed by atoms with Gasteiger partial charge in [-0.3, -0.25) is 4.79 Å². The maximum atomic E-state index is 10.8. The van der Waals surface area contributed by atoms with Gasteiger partial charge < -0.3 is 14.6 Å². The number of benzene rings is 1. The molecule has 0 atom stereocenters. The van der Waals surface area contributed by atoms with Crippen LogP contribution in [0, 0.1) is 0 Å². The normalized spacial score (nSPS) is 10.3. The fourth-order valence-electron chi connectivity index (χ4n) is 1.99. The van der Waals surface area contributed by atoms with Crippen molar-refractivity contribution in [1.29, 1.82) is 0 Å². The number of hydrogen-bond acceptors (Lipinski definition) is 4. The molecule has 0 saturated carbocycles. The third-order valence-electron chi connectivity index (χ3n) is 2.86. The SMILES string of the molecule is COc1cccc(Cn2ncc(CC(=O)O)c2OC)c1. The summed E-state index contributed by atoms with van der Waals surface area (Å²) in [7, 11) is 3.11. The molecule has 0 unspecified atom stereocenters. The van der Waals surface area contributed by atoms with E-state index in [0.29, 0.717) is 18.0 Å². The predicted octanol–water partition coefficient (Wildman–Crippen LogP) is 1.58.